The molecule has 1 saturated carbocycles. The molecular weight excluding hydrogens is 564 g/mol. The fraction of sp³-hybridized carbons (Fsp3) is 0.719. The number of nitrogens with two attached hydrogens (primary N) is 1. The maximum Gasteiger partial charge on any atom is 0.263 e. The number of nitrogens with zero attached hydrogens (tertiary/aromatic N) is 6. The third-order valence-corrected chi connectivity index (χ3v) is 10.5. The molecule has 1 amide bonds. The second-order valence-electron chi connectivity index (χ2n) is 13.5. The highest BCUT2D eigenvalue weighted by molar-refractivity contribution is 6.12. The topological polar surface area (TPSA) is 108 Å². The van der Waals surface area contributed by atoms with E-state index in [-0.39, 0.29) is 17.9 Å². The average molecular weight is 614 g/mol. The second-order valence-corrected chi connectivity index (χ2v) is 13.5. The number of likely N-dealkylation sites (N-methyl/N-ethyl adjacent to an activating group) is 1. The van der Waals surface area contributed by atoms with Crippen LogP contribution in [0.2, 0.25) is 0 Å². The van der Waals surface area contributed by atoms with Gasteiger partial charge in [-0.1, -0.05) is 44.9 Å². The maximum atomic E-state index is 15.8. The Morgan fingerprint density at radius 1 is 1.02 bits per heavy atom. The molecule has 0 radical (unpaired) electrons. The number of hydrogen-bond donors (Lipinski definition) is 3. The molecular formula is C32H49F2N9O. The minimum atomic E-state index is -1.14. The molecule has 2 aromatic heterocycles. The van der Waals surface area contributed by atoms with E-state index in [0.717, 1.165) is 84.1 Å². The lowest BCUT2D eigenvalue weighted by Crippen LogP contribution is -2.51. The van der Waals surface area contributed by atoms with Crippen LogP contribution in [0.25, 0.3) is 0 Å². The molecule has 2 saturated heterocycles. The number of pyridine rings is 1. The standard InChI is InChI=1S/C32H49F2N9O/c1-40-15-17-41(18-16-40)22-23-9-13-42(14-10-23)28-24(33)19-36-20-25(28)38-31(44)27-29(35)39-43-30(27)37-21-26(34)32(43)11-7-5-3-2-4-6-8-12-32/h19-20,23,26,37H,2-18,21-22H2,1H3,(H2,35,39)(H,38,44). The minimum absolute atomic E-state index is 0.0474. The van der Waals surface area contributed by atoms with Crippen LogP contribution < -0.4 is 21.3 Å². The molecule has 0 bridgehead atoms. The number of amides is 1. The van der Waals surface area contributed by atoms with Gasteiger partial charge in [0.25, 0.3) is 5.91 Å². The molecule has 4 N–H and O–H groups in total. The molecule has 1 spiro atoms. The van der Waals surface area contributed by atoms with Gasteiger partial charge in [0.05, 0.1) is 23.6 Å². The summed E-state index contributed by atoms with van der Waals surface area (Å²) in [7, 11) is 2.17. The molecule has 6 rings (SSSR count). The summed E-state index contributed by atoms with van der Waals surface area (Å²) >= 11 is 0. The van der Waals surface area contributed by atoms with E-state index in [0.29, 0.717) is 49.0 Å². The van der Waals surface area contributed by atoms with E-state index >= 15 is 8.78 Å². The van der Waals surface area contributed by atoms with Crippen molar-refractivity contribution >= 4 is 28.9 Å². The second kappa shape index (κ2) is 13.6. The van der Waals surface area contributed by atoms with Gasteiger partial charge in [0.1, 0.15) is 23.2 Å². The van der Waals surface area contributed by atoms with Gasteiger partial charge in [-0.2, -0.15) is 5.10 Å². The molecule has 1 atom stereocenters. The van der Waals surface area contributed by atoms with Gasteiger partial charge in [0.2, 0.25) is 0 Å². The Bertz CT molecular complexity index is 1280. The SMILES string of the molecule is CN1CCN(CC2CCN(c3c(F)cncc3NC(=O)c3c(N)nn4c3NCC(F)C43CCCCCCCCC3)CC2)CC1. The fourth-order valence-corrected chi connectivity index (χ4v) is 7.81. The Hall–Kier alpha value is -2.99. The molecule has 1 unspecified atom stereocenters. The van der Waals surface area contributed by atoms with Crippen LogP contribution in [0.15, 0.2) is 12.4 Å². The number of carbonyl (C=O) groups excluding carboxylic acids is 1. The number of carbonyl (C=O) groups is 1. The van der Waals surface area contributed by atoms with Crippen LogP contribution in [-0.2, 0) is 5.54 Å². The van der Waals surface area contributed by atoms with Gasteiger partial charge in [-0.25, -0.2) is 13.5 Å². The summed E-state index contributed by atoms with van der Waals surface area (Å²) in [6.45, 7) is 6.96. The van der Waals surface area contributed by atoms with E-state index in [2.05, 4.69) is 37.6 Å². The molecule has 3 fully saturated rings. The zero-order valence-corrected chi connectivity index (χ0v) is 26.2. The lowest BCUT2D eigenvalue weighted by Gasteiger charge is -2.42. The van der Waals surface area contributed by atoms with Crippen LogP contribution in [-0.4, -0.2) is 96.0 Å². The molecule has 5 heterocycles. The van der Waals surface area contributed by atoms with Crippen molar-refractivity contribution in [3.05, 3.63) is 23.8 Å². The number of nitrogens with one attached hydrogen (secondary N) is 2. The van der Waals surface area contributed by atoms with E-state index in [4.69, 9.17) is 5.73 Å². The number of nitrogen functional groups attached to an aromatic ring is 1. The number of piperazine rings is 1. The first kappa shape index (κ1) is 31.0. The number of aromatic nitrogens is 3. The molecule has 3 aliphatic heterocycles. The van der Waals surface area contributed by atoms with Gasteiger partial charge in [-0.3, -0.25) is 9.78 Å². The number of piperidine rings is 1. The monoisotopic (exact) mass is 613 g/mol. The van der Waals surface area contributed by atoms with Crippen molar-refractivity contribution in [2.75, 3.05) is 80.7 Å². The van der Waals surface area contributed by atoms with E-state index in [1.807, 2.05) is 4.90 Å². The summed E-state index contributed by atoms with van der Waals surface area (Å²) in [6.07, 6.45) is 12.3. The van der Waals surface area contributed by atoms with Crippen molar-refractivity contribution in [1.82, 2.24) is 24.6 Å². The van der Waals surface area contributed by atoms with Crippen molar-refractivity contribution in [3.8, 4) is 0 Å². The molecule has 1 aliphatic carbocycles. The van der Waals surface area contributed by atoms with Crippen LogP contribution in [0.5, 0.6) is 0 Å². The van der Waals surface area contributed by atoms with Crippen LogP contribution in [0.1, 0.15) is 81.0 Å². The van der Waals surface area contributed by atoms with Crippen LogP contribution in [0, 0.1) is 11.7 Å². The number of hydrogen-bond acceptors (Lipinski definition) is 8. The number of halogens is 2. The van der Waals surface area contributed by atoms with E-state index in [1.54, 1.807) is 4.68 Å². The van der Waals surface area contributed by atoms with Crippen molar-refractivity contribution < 1.29 is 13.6 Å². The normalized spacial score (nSPS) is 24.1. The van der Waals surface area contributed by atoms with Crippen LogP contribution >= 0.6 is 0 Å². The van der Waals surface area contributed by atoms with Crippen molar-refractivity contribution in [2.24, 2.45) is 5.92 Å². The molecule has 2 aromatic rings. The summed E-state index contributed by atoms with van der Waals surface area (Å²) in [5.41, 5.74) is 6.39. The highest BCUT2D eigenvalue weighted by Crippen LogP contribution is 2.44. The summed E-state index contributed by atoms with van der Waals surface area (Å²) < 4.78 is 32.8. The van der Waals surface area contributed by atoms with Gasteiger partial charge >= 0.3 is 0 Å². The quantitative estimate of drug-likeness (QED) is 0.446. The number of rotatable bonds is 5. The highest BCUT2D eigenvalue weighted by atomic mass is 19.1. The zero-order chi connectivity index (χ0) is 30.7. The van der Waals surface area contributed by atoms with E-state index in [1.165, 1.54) is 18.8 Å². The molecule has 0 aromatic carbocycles. The number of fused-ring (bicyclic) bond motifs is 2. The Kier molecular flexibility index (Phi) is 9.56. The Morgan fingerprint density at radius 3 is 2.36 bits per heavy atom. The summed E-state index contributed by atoms with van der Waals surface area (Å²) in [5, 5.41) is 10.6. The fourth-order valence-electron chi connectivity index (χ4n) is 7.81. The highest BCUT2D eigenvalue weighted by Gasteiger charge is 2.47. The summed E-state index contributed by atoms with van der Waals surface area (Å²) in [6, 6.07) is 0. The Balaban J connectivity index is 1.18. The first-order chi connectivity index (χ1) is 21.4. The van der Waals surface area contributed by atoms with Gasteiger partial charge < -0.3 is 31.1 Å². The lowest BCUT2D eigenvalue weighted by atomic mass is 9.80. The number of alkyl halides is 1. The lowest BCUT2D eigenvalue weighted by molar-refractivity contribution is 0.0721. The molecule has 242 valence electrons. The minimum Gasteiger partial charge on any atom is -0.381 e. The molecule has 44 heavy (non-hydrogen) atoms. The molecule has 12 heteroatoms. The third-order valence-electron chi connectivity index (χ3n) is 10.5. The Labute approximate surface area is 259 Å². The Morgan fingerprint density at radius 2 is 1.68 bits per heavy atom. The summed E-state index contributed by atoms with van der Waals surface area (Å²) in [5.74, 6) is 0.0927. The van der Waals surface area contributed by atoms with Gasteiger partial charge in [0.15, 0.2) is 11.6 Å². The average Bonchev–Trinajstić information content (AvgIpc) is 3.37. The van der Waals surface area contributed by atoms with Crippen molar-refractivity contribution in [3.63, 3.8) is 0 Å². The van der Waals surface area contributed by atoms with Gasteiger partial charge in [-0.15, -0.1) is 0 Å². The van der Waals surface area contributed by atoms with Crippen LogP contribution in [0.4, 0.5) is 31.8 Å². The van der Waals surface area contributed by atoms with Crippen LogP contribution in [0.3, 0.4) is 0 Å². The first-order valence-corrected chi connectivity index (χ1v) is 16.7. The van der Waals surface area contributed by atoms with Gasteiger partial charge in [-0.05, 0) is 38.6 Å². The molecule has 10 nitrogen and oxygen atoms in total. The van der Waals surface area contributed by atoms with E-state index in [9.17, 15) is 4.79 Å². The van der Waals surface area contributed by atoms with Crippen molar-refractivity contribution in [2.45, 2.75) is 82.3 Å². The predicted octanol–water partition coefficient (Wildman–Crippen LogP) is 4.70. The zero-order valence-electron chi connectivity index (χ0n) is 26.2. The predicted molar refractivity (Wildman–Crippen MR) is 171 cm³/mol. The largest absolute Gasteiger partial charge is 0.381 e. The smallest absolute Gasteiger partial charge is 0.263 e. The van der Waals surface area contributed by atoms with E-state index < -0.39 is 23.4 Å². The number of anilines is 4. The van der Waals surface area contributed by atoms with Crippen molar-refractivity contribution in [1.29, 1.82) is 0 Å². The maximum absolute atomic E-state index is 15.8. The first-order valence-electron chi connectivity index (χ1n) is 16.7. The summed E-state index contributed by atoms with van der Waals surface area (Å²) in [4.78, 5) is 24.8. The molecule has 4 aliphatic rings. The third kappa shape index (κ3) is 6.38. The van der Waals surface area contributed by atoms with Gasteiger partial charge in [0, 0.05) is 52.4 Å².